The minimum absolute atomic E-state index is 0.302. The van der Waals surface area contributed by atoms with Crippen molar-refractivity contribution >= 4 is 33.3 Å². The van der Waals surface area contributed by atoms with Crippen LogP contribution in [-0.4, -0.2) is 18.1 Å². The van der Waals surface area contributed by atoms with Crippen molar-refractivity contribution in [1.82, 2.24) is 0 Å². The predicted octanol–water partition coefficient (Wildman–Crippen LogP) is 6.26. The summed E-state index contributed by atoms with van der Waals surface area (Å²) in [5.74, 6) is -0.302. The van der Waals surface area contributed by atoms with E-state index in [1.54, 1.807) is 0 Å². The molecule has 0 rings (SSSR count). The van der Waals surface area contributed by atoms with Crippen LogP contribution in [-0.2, 0) is 9.53 Å². The first-order valence-corrected chi connectivity index (χ1v) is 14.8. The molecule has 0 fully saturated rings. The summed E-state index contributed by atoms with van der Waals surface area (Å²) in [6, 6.07) is 1.48. The zero-order valence-electron chi connectivity index (χ0n) is 14.0. The molecule has 0 aliphatic rings. The molecule has 0 N–H and O–H groups in total. The SMILES string of the molecule is C=CC(=O)OCCCCCCCCCCCC[Si](C)(C)I. The lowest BCUT2D eigenvalue weighted by atomic mass is 10.1. The van der Waals surface area contributed by atoms with Crippen LogP contribution in [0.5, 0.6) is 0 Å². The van der Waals surface area contributed by atoms with Crippen LogP contribution < -0.4 is 0 Å². The van der Waals surface area contributed by atoms with Crippen LogP contribution >= 0.6 is 21.8 Å². The van der Waals surface area contributed by atoms with Crippen LogP contribution in [0.1, 0.15) is 64.2 Å². The summed E-state index contributed by atoms with van der Waals surface area (Å²) in [5, 5.41) is 0. The van der Waals surface area contributed by atoms with Crippen molar-refractivity contribution in [2.45, 2.75) is 83.3 Å². The van der Waals surface area contributed by atoms with Crippen molar-refractivity contribution in [2.24, 2.45) is 0 Å². The van der Waals surface area contributed by atoms with E-state index >= 15 is 0 Å². The number of hydrogen-bond acceptors (Lipinski definition) is 2. The molecule has 0 aromatic heterocycles. The Labute approximate surface area is 145 Å². The highest BCUT2D eigenvalue weighted by Gasteiger charge is 2.14. The fourth-order valence-electron chi connectivity index (χ4n) is 2.29. The van der Waals surface area contributed by atoms with Crippen molar-refractivity contribution in [3.8, 4) is 0 Å². The maximum Gasteiger partial charge on any atom is 0.330 e. The quantitative estimate of drug-likeness (QED) is 0.0822. The first-order valence-electron chi connectivity index (χ1n) is 8.44. The van der Waals surface area contributed by atoms with E-state index in [9.17, 15) is 4.79 Å². The second-order valence-electron chi connectivity index (χ2n) is 6.38. The molecule has 0 aromatic rings. The Morgan fingerprint density at radius 1 is 0.952 bits per heavy atom. The molecule has 0 unspecified atom stereocenters. The molecular weight excluding hydrogens is 391 g/mol. The Kier molecular flexibility index (Phi) is 13.9. The number of esters is 1. The third-order valence-electron chi connectivity index (χ3n) is 3.58. The molecule has 0 radical (unpaired) electrons. The van der Waals surface area contributed by atoms with Crippen molar-refractivity contribution in [3.63, 3.8) is 0 Å². The molecule has 0 saturated carbocycles. The van der Waals surface area contributed by atoms with Gasteiger partial charge >= 0.3 is 5.97 Å². The largest absolute Gasteiger partial charge is 0.463 e. The zero-order chi connectivity index (χ0) is 16.0. The highest BCUT2D eigenvalue weighted by Crippen LogP contribution is 2.21. The minimum Gasteiger partial charge on any atom is -0.463 e. The average molecular weight is 424 g/mol. The molecule has 0 amide bonds. The Balaban J connectivity index is 3.09. The van der Waals surface area contributed by atoms with Crippen LogP contribution in [0.15, 0.2) is 12.7 Å². The molecule has 124 valence electrons. The Bertz CT molecular complexity index is 274. The Morgan fingerprint density at radius 2 is 1.38 bits per heavy atom. The molecule has 0 spiro atoms. The summed E-state index contributed by atoms with van der Waals surface area (Å²) < 4.78 is 4.94. The summed E-state index contributed by atoms with van der Waals surface area (Å²) in [4.78, 5) is 10.8. The first-order chi connectivity index (χ1) is 9.95. The summed E-state index contributed by atoms with van der Waals surface area (Å²) in [6.45, 7) is 8.82. The van der Waals surface area contributed by atoms with E-state index in [4.69, 9.17) is 4.74 Å². The van der Waals surface area contributed by atoms with Gasteiger partial charge in [-0.05, 0) is 12.5 Å². The van der Waals surface area contributed by atoms with Crippen LogP contribution in [0.25, 0.3) is 0 Å². The number of ether oxygens (including phenoxy) is 1. The van der Waals surface area contributed by atoms with Crippen LogP contribution in [0.3, 0.4) is 0 Å². The third kappa shape index (κ3) is 18.1. The molecule has 0 bridgehead atoms. The summed E-state index contributed by atoms with van der Waals surface area (Å²) in [6.07, 6.45) is 14.4. The number of rotatable bonds is 14. The van der Waals surface area contributed by atoms with Gasteiger partial charge in [-0.1, -0.05) is 77.5 Å². The lowest BCUT2D eigenvalue weighted by Gasteiger charge is -2.12. The van der Waals surface area contributed by atoms with E-state index in [1.165, 1.54) is 69.9 Å². The second-order valence-corrected chi connectivity index (χ2v) is 19.1. The molecular formula is C17H33IO2Si. The van der Waals surface area contributed by atoms with Crippen LogP contribution in [0.4, 0.5) is 0 Å². The van der Waals surface area contributed by atoms with Gasteiger partial charge in [0.25, 0.3) is 0 Å². The first kappa shape index (κ1) is 21.2. The smallest absolute Gasteiger partial charge is 0.330 e. The summed E-state index contributed by atoms with van der Waals surface area (Å²) >= 11 is 2.68. The fourth-order valence-corrected chi connectivity index (χ4v) is 4.53. The van der Waals surface area contributed by atoms with Crippen molar-refractivity contribution < 1.29 is 9.53 Å². The normalized spacial score (nSPS) is 11.4. The average Bonchev–Trinajstić information content (AvgIpc) is 2.42. The lowest BCUT2D eigenvalue weighted by molar-refractivity contribution is -0.137. The molecule has 0 atom stereocenters. The number of carbonyl (C=O) groups is 1. The van der Waals surface area contributed by atoms with Gasteiger partial charge in [-0.2, -0.15) is 0 Å². The number of hydrogen-bond donors (Lipinski definition) is 0. The number of unbranched alkanes of at least 4 members (excludes halogenated alkanes) is 9. The molecule has 0 aliphatic carbocycles. The van der Waals surface area contributed by atoms with E-state index in [-0.39, 0.29) is 5.97 Å². The second kappa shape index (κ2) is 13.8. The summed E-state index contributed by atoms with van der Waals surface area (Å²) in [5.41, 5.74) is -0.831. The monoisotopic (exact) mass is 424 g/mol. The van der Waals surface area contributed by atoms with Gasteiger partial charge in [0.15, 0.2) is 0 Å². The van der Waals surface area contributed by atoms with Gasteiger partial charge in [0.1, 0.15) is 5.57 Å². The van der Waals surface area contributed by atoms with Crippen LogP contribution in [0.2, 0.25) is 19.1 Å². The molecule has 0 saturated heterocycles. The number of carbonyl (C=O) groups excluding carboxylic acids is 1. The Hall–Kier alpha value is 0.157. The maximum atomic E-state index is 10.8. The van der Waals surface area contributed by atoms with Gasteiger partial charge in [0, 0.05) is 6.08 Å². The molecule has 0 aromatic carbocycles. The van der Waals surface area contributed by atoms with E-state index in [1.807, 2.05) is 0 Å². The lowest BCUT2D eigenvalue weighted by Crippen LogP contribution is -2.13. The van der Waals surface area contributed by atoms with Gasteiger partial charge < -0.3 is 4.74 Å². The van der Waals surface area contributed by atoms with E-state index < -0.39 is 5.57 Å². The summed E-state index contributed by atoms with van der Waals surface area (Å²) in [7, 11) is 0. The molecule has 0 aliphatic heterocycles. The highest BCUT2D eigenvalue weighted by molar-refractivity contribution is 14.1. The molecule has 21 heavy (non-hydrogen) atoms. The maximum absolute atomic E-state index is 10.8. The van der Waals surface area contributed by atoms with Crippen molar-refractivity contribution in [1.29, 1.82) is 0 Å². The van der Waals surface area contributed by atoms with Crippen molar-refractivity contribution in [3.05, 3.63) is 12.7 Å². The molecule has 0 heterocycles. The number of halogens is 1. The van der Waals surface area contributed by atoms with Gasteiger partial charge in [-0.3, -0.25) is 0 Å². The van der Waals surface area contributed by atoms with E-state index in [0.29, 0.717) is 6.61 Å². The van der Waals surface area contributed by atoms with Gasteiger partial charge in [-0.15, -0.1) is 21.8 Å². The standard InChI is InChI=1S/C17H33IO2Si/c1-4-17(19)20-15-13-11-9-7-5-6-8-10-12-14-16-21(2,3)18/h4H,1,5-16H2,2-3H3. The van der Waals surface area contributed by atoms with E-state index in [2.05, 4.69) is 41.5 Å². The third-order valence-corrected chi connectivity index (χ3v) is 6.74. The van der Waals surface area contributed by atoms with E-state index in [0.717, 1.165) is 6.42 Å². The fraction of sp³-hybridized carbons (Fsp3) is 0.824. The topological polar surface area (TPSA) is 26.3 Å². The van der Waals surface area contributed by atoms with Gasteiger partial charge in [0.2, 0.25) is 0 Å². The Morgan fingerprint density at radius 3 is 1.81 bits per heavy atom. The zero-order valence-corrected chi connectivity index (χ0v) is 17.1. The highest BCUT2D eigenvalue weighted by atomic mass is 127. The predicted molar refractivity (Wildman–Crippen MR) is 104 cm³/mol. The van der Waals surface area contributed by atoms with Gasteiger partial charge in [0.05, 0.1) is 6.61 Å². The molecule has 4 heteroatoms. The van der Waals surface area contributed by atoms with Crippen molar-refractivity contribution in [2.75, 3.05) is 6.61 Å². The van der Waals surface area contributed by atoms with Crippen LogP contribution in [0, 0.1) is 0 Å². The van der Waals surface area contributed by atoms with Gasteiger partial charge in [-0.25, -0.2) is 4.79 Å². The minimum atomic E-state index is -0.831. The molecule has 2 nitrogen and oxygen atoms in total.